The zero-order valence-corrected chi connectivity index (χ0v) is 11.4. The van der Waals surface area contributed by atoms with Crippen molar-refractivity contribution in [1.29, 1.82) is 0 Å². The van der Waals surface area contributed by atoms with E-state index in [1.807, 2.05) is 12.1 Å². The van der Waals surface area contributed by atoms with Crippen molar-refractivity contribution >= 4 is 17.3 Å². The van der Waals surface area contributed by atoms with Crippen LogP contribution in [-0.4, -0.2) is 24.3 Å². The SMILES string of the molecule is NCc1c(Cl)cccc1N(CCO)C1CCCC1. The van der Waals surface area contributed by atoms with Crippen LogP contribution in [0.25, 0.3) is 0 Å². The van der Waals surface area contributed by atoms with E-state index in [9.17, 15) is 5.11 Å². The predicted molar refractivity (Wildman–Crippen MR) is 76.0 cm³/mol. The molecule has 0 aromatic heterocycles. The van der Waals surface area contributed by atoms with E-state index in [-0.39, 0.29) is 6.61 Å². The van der Waals surface area contributed by atoms with Gasteiger partial charge in [0.25, 0.3) is 0 Å². The zero-order valence-electron chi connectivity index (χ0n) is 10.6. The Kier molecular flexibility index (Phi) is 4.87. The second-order valence-corrected chi connectivity index (χ2v) is 5.20. The number of halogens is 1. The molecule has 1 fully saturated rings. The monoisotopic (exact) mass is 268 g/mol. The third kappa shape index (κ3) is 2.79. The van der Waals surface area contributed by atoms with Crippen LogP contribution in [0.1, 0.15) is 31.2 Å². The van der Waals surface area contributed by atoms with Crippen molar-refractivity contribution in [2.45, 2.75) is 38.3 Å². The minimum Gasteiger partial charge on any atom is -0.395 e. The van der Waals surface area contributed by atoms with Gasteiger partial charge in [0.2, 0.25) is 0 Å². The molecule has 0 amide bonds. The van der Waals surface area contributed by atoms with Crippen LogP contribution in [0.4, 0.5) is 5.69 Å². The standard InChI is InChI=1S/C14H21ClN2O/c15-13-6-3-7-14(12(13)10-16)17(8-9-18)11-4-1-2-5-11/h3,6-7,11,18H,1-2,4-5,8-10,16H2. The van der Waals surface area contributed by atoms with Crippen LogP contribution in [0.2, 0.25) is 5.02 Å². The largest absolute Gasteiger partial charge is 0.395 e. The van der Waals surface area contributed by atoms with E-state index < -0.39 is 0 Å². The first-order chi connectivity index (χ1) is 8.77. The van der Waals surface area contributed by atoms with Crippen molar-refractivity contribution in [2.75, 3.05) is 18.1 Å². The van der Waals surface area contributed by atoms with E-state index in [0.29, 0.717) is 19.1 Å². The molecule has 0 radical (unpaired) electrons. The van der Waals surface area contributed by atoms with Crippen molar-refractivity contribution in [3.8, 4) is 0 Å². The number of anilines is 1. The molecule has 1 aromatic rings. The molecule has 0 spiro atoms. The number of benzene rings is 1. The third-order valence-corrected chi connectivity index (χ3v) is 4.07. The molecule has 2 rings (SSSR count). The summed E-state index contributed by atoms with van der Waals surface area (Å²) in [6.45, 7) is 1.24. The van der Waals surface area contributed by atoms with Gasteiger partial charge in [0.1, 0.15) is 0 Å². The van der Waals surface area contributed by atoms with Crippen molar-refractivity contribution < 1.29 is 5.11 Å². The Labute approximate surface area is 114 Å². The summed E-state index contributed by atoms with van der Waals surface area (Å²) in [5.74, 6) is 0. The van der Waals surface area contributed by atoms with Crippen LogP contribution < -0.4 is 10.6 Å². The highest BCUT2D eigenvalue weighted by Crippen LogP contribution is 2.33. The summed E-state index contributed by atoms with van der Waals surface area (Å²) in [5, 5.41) is 10.0. The molecule has 1 aromatic carbocycles. The van der Waals surface area contributed by atoms with Crippen molar-refractivity contribution in [1.82, 2.24) is 0 Å². The summed E-state index contributed by atoms with van der Waals surface area (Å²) in [6.07, 6.45) is 4.92. The summed E-state index contributed by atoms with van der Waals surface area (Å²) in [4.78, 5) is 2.28. The summed E-state index contributed by atoms with van der Waals surface area (Å²) in [7, 11) is 0. The highest BCUT2D eigenvalue weighted by atomic mass is 35.5. The van der Waals surface area contributed by atoms with Gasteiger partial charge in [-0.25, -0.2) is 0 Å². The molecule has 0 aliphatic heterocycles. The number of aliphatic hydroxyl groups is 1. The first-order valence-corrected chi connectivity index (χ1v) is 7.00. The Balaban J connectivity index is 2.32. The molecule has 3 nitrogen and oxygen atoms in total. The van der Waals surface area contributed by atoms with Crippen LogP contribution in [0.15, 0.2) is 18.2 Å². The average Bonchev–Trinajstić information content (AvgIpc) is 2.89. The zero-order chi connectivity index (χ0) is 13.0. The summed E-state index contributed by atoms with van der Waals surface area (Å²) < 4.78 is 0. The Morgan fingerprint density at radius 1 is 1.33 bits per heavy atom. The van der Waals surface area contributed by atoms with Crippen molar-refractivity contribution in [3.05, 3.63) is 28.8 Å². The fourth-order valence-corrected chi connectivity index (χ4v) is 3.09. The predicted octanol–water partition coefficient (Wildman–Crippen LogP) is 2.54. The molecule has 0 heterocycles. The molecular formula is C14H21ClN2O. The van der Waals surface area contributed by atoms with E-state index in [1.54, 1.807) is 0 Å². The van der Waals surface area contributed by atoms with Crippen molar-refractivity contribution in [2.24, 2.45) is 5.73 Å². The highest BCUT2D eigenvalue weighted by Gasteiger charge is 2.24. The van der Waals surface area contributed by atoms with Crippen LogP contribution in [-0.2, 0) is 6.54 Å². The minimum absolute atomic E-state index is 0.160. The summed E-state index contributed by atoms with van der Waals surface area (Å²) in [5.41, 5.74) is 7.88. The molecular weight excluding hydrogens is 248 g/mol. The van der Waals surface area contributed by atoms with Crippen molar-refractivity contribution in [3.63, 3.8) is 0 Å². The smallest absolute Gasteiger partial charge is 0.0606 e. The van der Waals surface area contributed by atoms with Gasteiger partial charge in [-0.15, -0.1) is 0 Å². The molecule has 0 unspecified atom stereocenters. The lowest BCUT2D eigenvalue weighted by molar-refractivity contribution is 0.297. The Morgan fingerprint density at radius 3 is 2.67 bits per heavy atom. The molecule has 1 aliphatic rings. The van der Waals surface area contributed by atoms with E-state index >= 15 is 0 Å². The fraction of sp³-hybridized carbons (Fsp3) is 0.571. The maximum absolute atomic E-state index is 9.29. The van der Waals surface area contributed by atoms with Crippen LogP contribution in [0.5, 0.6) is 0 Å². The van der Waals surface area contributed by atoms with E-state index in [4.69, 9.17) is 17.3 Å². The minimum atomic E-state index is 0.160. The molecule has 18 heavy (non-hydrogen) atoms. The lowest BCUT2D eigenvalue weighted by Crippen LogP contribution is -2.36. The maximum Gasteiger partial charge on any atom is 0.0606 e. The Morgan fingerprint density at radius 2 is 2.06 bits per heavy atom. The number of nitrogens with zero attached hydrogens (tertiary/aromatic N) is 1. The van der Waals surface area contributed by atoms with Gasteiger partial charge < -0.3 is 15.7 Å². The van der Waals surface area contributed by atoms with Gasteiger partial charge in [0.15, 0.2) is 0 Å². The van der Waals surface area contributed by atoms with Gasteiger partial charge in [0.05, 0.1) is 6.61 Å². The van der Waals surface area contributed by atoms with Gasteiger partial charge in [-0.3, -0.25) is 0 Å². The Bertz CT molecular complexity index is 391. The topological polar surface area (TPSA) is 49.5 Å². The molecule has 0 saturated heterocycles. The van der Waals surface area contributed by atoms with Gasteiger partial charge in [-0.2, -0.15) is 0 Å². The normalized spacial score (nSPS) is 16.2. The molecule has 0 atom stereocenters. The highest BCUT2D eigenvalue weighted by molar-refractivity contribution is 6.31. The van der Waals surface area contributed by atoms with E-state index in [2.05, 4.69) is 11.0 Å². The molecule has 4 heteroatoms. The second-order valence-electron chi connectivity index (χ2n) is 4.80. The molecule has 3 N–H and O–H groups in total. The van der Waals surface area contributed by atoms with Gasteiger partial charge >= 0.3 is 0 Å². The number of nitrogens with two attached hydrogens (primary N) is 1. The molecule has 100 valence electrons. The van der Waals surface area contributed by atoms with E-state index in [1.165, 1.54) is 25.7 Å². The van der Waals surface area contributed by atoms with Gasteiger partial charge in [-0.1, -0.05) is 30.5 Å². The first-order valence-electron chi connectivity index (χ1n) is 6.63. The lowest BCUT2D eigenvalue weighted by atomic mass is 10.1. The molecule has 0 bridgehead atoms. The fourth-order valence-electron chi connectivity index (χ4n) is 2.84. The van der Waals surface area contributed by atoms with Gasteiger partial charge in [-0.05, 0) is 25.0 Å². The second kappa shape index (κ2) is 6.41. The van der Waals surface area contributed by atoms with Crippen LogP contribution in [0, 0.1) is 0 Å². The quantitative estimate of drug-likeness (QED) is 0.863. The number of aliphatic hydroxyl groups excluding tert-OH is 1. The molecule has 1 saturated carbocycles. The Hall–Kier alpha value is -0.770. The third-order valence-electron chi connectivity index (χ3n) is 3.71. The number of rotatable bonds is 5. The number of hydrogen-bond acceptors (Lipinski definition) is 3. The average molecular weight is 269 g/mol. The lowest BCUT2D eigenvalue weighted by Gasteiger charge is -2.32. The summed E-state index contributed by atoms with van der Waals surface area (Å²) in [6, 6.07) is 6.40. The van der Waals surface area contributed by atoms with Crippen LogP contribution in [0.3, 0.4) is 0 Å². The van der Waals surface area contributed by atoms with Crippen LogP contribution >= 0.6 is 11.6 Å². The maximum atomic E-state index is 9.29. The van der Waals surface area contributed by atoms with Gasteiger partial charge in [0, 0.05) is 35.4 Å². The first kappa shape index (κ1) is 13.7. The summed E-state index contributed by atoms with van der Waals surface area (Å²) >= 11 is 6.21. The number of hydrogen-bond donors (Lipinski definition) is 2. The van der Waals surface area contributed by atoms with E-state index in [0.717, 1.165) is 16.3 Å². The molecule has 1 aliphatic carbocycles.